The molecular formula is C18H18Cl2N2O3. The van der Waals surface area contributed by atoms with E-state index in [4.69, 9.17) is 32.7 Å². The Morgan fingerprint density at radius 2 is 1.88 bits per heavy atom. The van der Waals surface area contributed by atoms with Gasteiger partial charge in [-0.2, -0.15) is 0 Å². The zero-order chi connectivity index (χ0) is 17.8. The van der Waals surface area contributed by atoms with Gasteiger partial charge in [-0.15, -0.1) is 0 Å². The number of carbonyl (C=O) groups excluding carboxylic acids is 1. The molecule has 2 aromatic rings. The first kappa shape index (κ1) is 17.9. The van der Waals surface area contributed by atoms with E-state index in [1.165, 1.54) is 0 Å². The van der Waals surface area contributed by atoms with Crippen LogP contribution in [0.1, 0.15) is 18.5 Å². The first-order valence-electron chi connectivity index (χ1n) is 7.91. The van der Waals surface area contributed by atoms with Gasteiger partial charge in [-0.25, -0.2) is 0 Å². The quantitative estimate of drug-likeness (QED) is 0.820. The van der Waals surface area contributed by atoms with Gasteiger partial charge in [0, 0.05) is 27.8 Å². The van der Waals surface area contributed by atoms with Crippen molar-refractivity contribution in [1.29, 1.82) is 0 Å². The van der Waals surface area contributed by atoms with E-state index in [1.54, 1.807) is 30.3 Å². The Bertz CT molecular complexity index is 783. The number of halogens is 2. The molecule has 1 aliphatic heterocycles. The van der Waals surface area contributed by atoms with E-state index in [9.17, 15) is 4.79 Å². The van der Waals surface area contributed by atoms with Crippen molar-refractivity contribution >= 4 is 34.8 Å². The lowest BCUT2D eigenvalue weighted by Crippen LogP contribution is -2.30. The number of hydrogen-bond donors (Lipinski definition) is 2. The number of nitrogens with one attached hydrogen (secondary N) is 2. The Morgan fingerprint density at radius 1 is 1.12 bits per heavy atom. The second kappa shape index (κ2) is 7.95. The van der Waals surface area contributed by atoms with Crippen molar-refractivity contribution in [2.45, 2.75) is 13.0 Å². The highest BCUT2D eigenvalue weighted by molar-refractivity contribution is 6.35. The lowest BCUT2D eigenvalue weighted by molar-refractivity contribution is -0.115. The van der Waals surface area contributed by atoms with Crippen LogP contribution in [0.5, 0.6) is 11.5 Å². The van der Waals surface area contributed by atoms with Crippen LogP contribution < -0.4 is 20.1 Å². The van der Waals surface area contributed by atoms with Crippen LogP contribution in [0.25, 0.3) is 0 Å². The molecule has 1 amide bonds. The molecule has 5 nitrogen and oxygen atoms in total. The molecule has 3 rings (SSSR count). The molecule has 2 aromatic carbocycles. The molecule has 25 heavy (non-hydrogen) atoms. The highest BCUT2D eigenvalue weighted by Crippen LogP contribution is 2.32. The van der Waals surface area contributed by atoms with Crippen molar-refractivity contribution in [3.8, 4) is 11.5 Å². The minimum absolute atomic E-state index is 0.0872. The molecule has 0 spiro atoms. The number of fused-ring (bicyclic) bond motifs is 1. The maximum atomic E-state index is 12.2. The summed E-state index contributed by atoms with van der Waals surface area (Å²) in [7, 11) is 0. The van der Waals surface area contributed by atoms with Crippen LogP contribution in [0.4, 0.5) is 5.69 Å². The first-order chi connectivity index (χ1) is 12.0. The van der Waals surface area contributed by atoms with Crippen LogP contribution in [0.15, 0.2) is 36.4 Å². The summed E-state index contributed by atoms with van der Waals surface area (Å²) in [5, 5.41) is 7.13. The van der Waals surface area contributed by atoms with Gasteiger partial charge in [0.15, 0.2) is 11.5 Å². The number of rotatable bonds is 5. The third-order valence-electron chi connectivity index (χ3n) is 3.82. The average molecular weight is 381 g/mol. The molecule has 0 aromatic heterocycles. The molecule has 0 unspecified atom stereocenters. The Morgan fingerprint density at radius 3 is 2.64 bits per heavy atom. The highest BCUT2D eigenvalue weighted by Gasteiger charge is 2.14. The van der Waals surface area contributed by atoms with Crippen molar-refractivity contribution < 1.29 is 14.3 Å². The largest absolute Gasteiger partial charge is 0.486 e. The minimum atomic E-state index is -0.159. The molecule has 0 aliphatic carbocycles. The van der Waals surface area contributed by atoms with E-state index in [0.29, 0.717) is 40.4 Å². The zero-order valence-corrected chi connectivity index (χ0v) is 15.2. The molecule has 0 saturated carbocycles. The third kappa shape index (κ3) is 4.57. The fraction of sp³-hybridized carbons (Fsp3) is 0.278. The molecule has 0 bridgehead atoms. The molecule has 7 heteroatoms. The van der Waals surface area contributed by atoms with Gasteiger partial charge in [0.2, 0.25) is 5.91 Å². The lowest BCUT2D eigenvalue weighted by Gasteiger charge is -2.19. The van der Waals surface area contributed by atoms with Gasteiger partial charge < -0.3 is 20.1 Å². The van der Waals surface area contributed by atoms with Gasteiger partial charge in [-0.1, -0.05) is 29.3 Å². The Labute approximate surface area is 156 Å². The third-order valence-corrected chi connectivity index (χ3v) is 4.39. The molecule has 0 saturated heterocycles. The summed E-state index contributed by atoms with van der Waals surface area (Å²) in [6.07, 6.45) is 0. The van der Waals surface area contributed by atoms with E-state index in [2.05, 4.69) is 10.6 Å². The smallest absolute Gasteiger partial charge is 0.238 e. The summed E-state index contributed by atoms with van der Waals surface area (Å²) in [5.41, 5.74) is 1.55. The second-order valence-corrected chi connectivity index (χ2v) is 6.52. The summed E-state index contributed by atoms with van der Waals surface area (Å²) in [6.45, 7) is 3.13. The van der Waals surface area contributed by atoms with Crippen molar-refractivity contribution in [3.63, 3.8) is 0 Å². The van der Waals surface area contributed by atoms with Gasteiger partial charge in [0.25, 0.3) is 0 Å². The Kier molecular flexibility index (Phi) is 5.68. The van der Waals surface area contributed by atoms with E-state index < -0.39 is 0 Å². The monoisotopic (exact) mass is 380 g/mol. The number of amides is 1. The van der Waals surface area contributed by atoms with Crippen LogP contribution in [0, 0.1) is 0 Å². The molecule has 0 radical (unpaired) electrons. The maximum Gasteiger partial charge on any atom is 0.238 e. The van der Waals surface area contributed by atoms with Crippen LogP contribution in [-0.2, 0) is 4.79 Å². The predicted molar refractivity (Wildman–Crippen MR) is 98.9 cm³/mol. The molecule has 1 aliphatic rings. The van der Waals surface area contributed by atoms with Gasteiger partial charge in [0.1, 0.15) is 13.2 Å². The van der Waals surface area contributed by atoms with E-state index in [1.807, 2.05) is 13.0 Å². The molecule has 0 fully saturated rings. The zero-order valence-electron chi connectivity index (χ0n) is 13.6. The van der Waals surface area contributed by atoms with E-state index in [0.717, 1.165) is 5.56 Å². The van der Waals surface area contributed by atoms with E-state index >= 15 is 0 Å². The fourth-order valence-corrected chi connectivity index (χ4v) is 3.11. The van der Waals surface area contributed by atoms with Crippen molar-refractivity contribution in [1.82, 2.24) is 5.32 Å². The van der Waals surface area contributed by atoms with Crippen LogP contribution in [0.2, 0.25) is 10.0 Å². The van der Waals surface area contributed by atoms with Gasteiger partial charge in [0.05, 0.1) is 6.54 Å². The van der Waals surface area contributed by atoms with Crippen molar-refractivity contribution in [3.05, 3.63) is 52.0 Å². The summed E-state index contributed by atoms with van der Waals surface area (Å²) >= 11 is 12.1. The lowest BCUT2D eigenvalue weighted by atomic mass is 10.1. The molecule has 2 N–H and O–H groups in total. The van der Waals surface area contributed by atoms with Crippen LogP contribution in [-0.4, -0.2) is 25.7 Å². The average Bonchev–Trinajstić information content (AvgIpc) is 2.59. The minimum Gasteiger partial charge on any atom is -0.486 e. The SMILES string of the molecule is C[C@@H](NCC(=O)Nc1ccc2c(c1)OCCO2)c1ccc(Cl)cc1Cl. The Hall–Kier alpha value is -1.95. The summed E-state index contributed by atoms with van der Waals surface area (Å²) in [5.74, 6) is 1.17. The normalized spacial score (nSPS) is 14.0. The topological polar surface area (TPSA) is 59.6 Å². The maximum absolute atomic E-state index is 12.2. The van der Waals surface area contributed by atoms with Crippen LogP contribution >= 0.6 is 23.2 Å². The number of anilines is 1. The van der Waals surface area contributed by atoms with Crippen molar-refractivity contribution in [2.24, 2.45) is 0 Å². The van der Waals surface area contributed by atoms with Crippen molar-refractivity contribution in [2.75, 3.05) is 25.1 Å². The van der Waals surface area contributed by atoms with Gasteiger partial charge in [-0.3, -0.25) is 4.79 Å². The first-order valence-corrected chi connectivity index (χ1v) is 8.66. The number of ether oxygens (including phenoxy) is 2. The molecule has 1 atom stereocenters. The fourth-order valence-electron chi connectivity index (χ4n) is 2.53. The molecular weight excluding hydrogens is 363 g/mol. The number of carbonyl (C=O) groups is 1. The second-order valence-electron chi connectivity index (χ2n) is 5.68. The van der Waals surface area contributed by atoms with Crippen LogP contribution in [0.3, 0.4) is 0 Å². The molecule has 1 heterocycles. The number of hydrogen-bond acceptors (Lipinski definition) is 4. The number of benzene rings is 2. The van der Waals surface area contributed by atoms with Gasteiger partial charge >= 0.3 is 0 Å². The standard InChI is InChI=1S/C18H18Cl2N2O3/c1-11(14-4-2-12(19)8-15(14)20)21-10-18(23)22-13-3-5-16-17(9-13)25-7-6-24-16/h2-5,8-9,11,21H,6-7,10H2,1H3,(H,22,23)/t11-/m1/s1. The van der Waals surface area contributed by atoms with E-state index in [-0.39, 0.29) is 18.5 Å². The Balaban J connectivity index is 1.56. The molecule has 132 valence electrons. The summed E-state index contributed by atoms with van der Waals surface area (Å²) < 4.78 is 11.0. The summed E-state index contributed by atoms with van der Waals surface area (Å²) in [4.78, 5) is 12.2. The summed E-state index contributed by atoms with van der Waals surface area (Å²) in [6, 6.07) is 10.5. The highest BCUT2D eigenvalue weighted by atomic mass is 35.5. The van der Waals surface area contributed by atoms with Gasteiger partial charge in [-0.05, 0) is 36.8 Å². The predicted octanol–water partition coefficient (Wildman–Crippen LogP) is 4.05.